The lowest BCUT2D eigenvalue weighted by atomic mass is 10.3. The number of hydrogen-bond acceptors (Lipinski definition) is 6. The maximum atomic E-state index is 11.9. The summed E-state index contributed by atoms with van der Waals surface area (Å²) < 4.78 is 10.6. The highest BCUT2D eigenvalue weighted by molar-refractivity contribution is 5.92. The van der Waals surface area contributed by atoms with Crippen molar-refractivity contribution in [1.82, 2.24) is 15.4 Å². The molecule has 1 heterocycles. The summed E-state index contributed by atoms with van der Waals surface area (Å²) in [7, 11) is 1.87. The molecule has 0 unspecified atom stereocenters. The zero-order valence-electron chi connectivity index (χ0n) is 13.1. The molecular weight excluding hydrogens is 298 g/mol. The summed E-state index contributed by atoms with van der Waals surface area (Å²) in [5.74, 6) is 0.912. The van der Waals surface area contributed by atoms with Gasteiger partial charge in [-0.1, -0.05) is 23.4 Å². The van der Waals surface area contributed by atoms with Crippen molar-refractivity contribution in [3.63, 3.8) is 0 Å². The van der Waals surface area contributed by atoms with E-state index in [2.05, 4.69) is 10.5 Å². The zero-order chi connectivity index (χ0) is 16.5. The third kappa shape index (κ3) is 5.72. The summed E-state index contributed by atoms with van der Waals surface area (Å²) in [6.07, 6.45) is 0. The van der Waals surface area contributed by atoms with E-state index in [1.807, 2.05) is 42.3 Å². The monoisotopic (exact) mass is 319 g/mol. The third-order valence-corrected chi connectivity index (χ3v) is 3.18. The number of hydrogen-bond donors (Lipinski definition) is 2. The number of carbonyl (C=O) groups excluding carboxylic acids is 1. The average Bonchev–Trinajstić information content (AvgIpc) is 3.03. The van der Waals surface area contributed by atoms with Crippen LogP contribution in [0.5, 0.6) is 5.75 Å². The van der Waals surface area contributed by atoms with E-state index < -0.39 is 0 Å². The SMILES string of the molecule is CN(CCO)CCNC(=O)c1cc(COc2ccccc2)on1. The summed E-state index contributed by atoms with van der Waals surface area (Å²) in [5.41, 5.74) is 0.224. The maximum absolute atomic E-state index is 11.9. The molecular formula is C16H21N3O4. The minimum Gasteiger partial charge on any atom is -0.486 e. The van der Waals surface area contributed by atoms with Crippen LogP contribution in [0.2, 0.25) is 0 Å². The van der Waals surface area contributed by atoms with Crippen LogP contribution < -0.4 is 10.1 Å². The van der Waals surface area contributed by atoms with Crippen molar-refractivity contribution in [2.75, 3.05) is 33.3 Å². The fraction of sp³-hybridized carbons (Fsp3) is 0.375. The molecule has 23 heavy (non-hydrogen) atoms. The summed E-state index contributed by atoms with van der Waals surface area (Å²) >= 11 is 0. The Morgan fingerprint density at radius 3 is 2.87 bits per heavy atom. The molecule has 1 aromatic heterocycles. The molecule has 0 atom stereocenters. The number of amides is 1. The zero-order valence-corrected chi connectivity index (χ0v) is 13.1. The van der Waals surface area contributed by atoms with Gasteiger partial charge in [-0.2, -0.15) is 0 Å². The number of benzene rings is 1. The topological polar surface area (TPSA) is 87.8 Å². The minimum absolute atomic E-state index is 0.0957. The lowest BCUT2D eigenvalue weighted by molar-refractivity contribution is 0.0939. The molecule has 0 bridgehead atoms. The number of likely N-dealkylation sites (N-methyl/N-ethyl adjacent to an activating group) is 1. The summed E-state index contributed by atoms with van der Waals surface area (Å²) in [4.78, 5) is 13.8. The lowest BCUT2D eigenvalue weighted by Crippen LogP contribution is -2.34. The molecule has 0 spiro atoms. The van der Waals surface area contributed by atoms with Crippen molar-refractivity contribution in [3.8, 4) is 5.75 Å². The first-order valence-corrected chi connectivity index (χ1v) is 7.40. The lowest BCUT2D eigenvalue weighted by Gasteiger charge is -2.14. The number of nitrogens with one attached hydrogen (secondary N) is 1. The van der Waals surface area contributed by atoms with Crippen LogP contribution in [0.15, 0.2) is 40.9 Å². The van der Waals surface area contributed by atoms with Gasteiger partial charge >= 0.3 is 0 Å². The normalized spacial score (nSPS) is 10.7. The summed E-state index contributed by atoms with van der Waals surface area (Å²) in [6.45, 7) is 2.00. The predicted molar refractivity (Wildman–Crippen MR) is 84.2 cm³/mol. The molecule has 0 aliphatic heterocycles. The first-order valence-electron chi connectivity index (χ1n) is 7.40. The molecule has 0 aliphatic carbocycles. The first kappa shape index (κ1) is 17.0. The number of para-hydroxylation sites is 1. The first-order chi connectivity index (χ1) is 11.2. The van der Waals surface area contributed by atoms with Gasteiger partial charge in [0.2, 0.25) is 0 Å². The van der Waals surface area contributed by atoms with E-state index in [0.29, 0.717) is 25.4 Å². The third-order valence-electron chi connectivity index (χ3n) is 3.18. The second-order valence-corrected chi connectivity index (χ2v) is 5.06. The summed E-state index contributed by atoms with van der Waals surface area (Å²) in [6, 6.07) is 10.9. The van der Waals surface area contributed by atoms with Gasteiger partial charge in [0.1, 0.15) is 12.4 Å². The van der Waals surface area contributed by atoms with Crippen molar-refractivity contribution < 1.29 is 19.2 Å². The molecule has 7 heteroatoms. The van der Waals surface area contributed by atoms with Crippen LogP contribution in [-0.2, 0) is 6.61 Å². The molecule has 7 nitrogen and oxygen atoms in total. The van der Waals surface area contributed by atoms with Crippen LogP contribution in [0.1, 0.15) is 16.2 Å². The van der Waals surface area contributed by atoms with Gasteiger partial charge in [-0.05, 0) is 19.2 Å². The number of aliphatic hydroxyl groups excluding tert-OH is 1. The molecule has 2 aromatic rings. The second kappa shape index (κ2) is 8.92. The largest absolute Gasteiger partial charge is 0.486 e. The van der Waals surface area contributed by atoms with E-state index in [9.17, 15) is 4.79 Å². The van der Waals surface area contributed by atoms with Gasteiger partial charge in [-0.15, -0.1) is 0 Å². The standard InChI is InChI=1S/C16H21N3O4/c1-19(9-10-20)8-7-17-16(21)15-11-14(23-18-15)12-22-13-5-3-2-4-6-13/h2-6,11,20H,7-10,12H2,1H3,(H,17,21). The van der Waals surface area contributed by atoms with Crippen LogP contribution in [-0.4, -0.2) is 54.4 Å². The molecule has 1 aromatic carbocycles. The van der Waals surface area contributed by atoms with E-state index >= 15 is 0 Å². The highest BCUT2D eigenvalue weighted by Crippen LogP contribution is 2.12. The van der Waals surface area contributed by atoms with Crippen molar-refractivity contribution in [2.24, 2.45) is 0 Å². The molecule has 124 valence electrons. The Balaban J connectivity index is 1.76. The van der Waals surface area contributed by atoms with Crippen molar-refractivity contribution in [2.45, 2.75) is 6.61 Å². The average molecular weight is 319 g/mol. The molecule has 0 saturated heterocycles. The number of rotatable bonds is 9. The number of carbonyl (C=O) groups is 1. The van der Waals surface area contributed by atoms with E-state index in [4.69, 9.17) is 14.4 Å². The fourth-order valence-corrected chi connectivity index (χ4v) is 1.89. The van der Waals surface area contributed by atoms with Gasteiger partial charge in [-0.3, -0.25) is 4.79 Å². The smallest absolute Gasteiger partial charge is 0.273 e. The van der Waals surface area contributed by atoms with Gasteiger partial charge in [0.15, 0.2) is 11.5 Å². The molecule has 2 rings (SSSR count). The maximum Gasteiger partial charge on any atom is 0.273 e. The van der Waals surface area contributed by atoms with Crippen LogP contribution in [0.3, 0.4) is 0 Å². The molecule has 2 N–H and O–H groups in total. The van der Waals surface area contributed by atoms with E-state index in [1.165, 1.54) is 0 Å². The van der Waals surface area contributed by atoms with Gasteiger partial charge < -0.3 is 24.6 Å². The van der Waals surface area contributed by atoms with Gasteiger partial charge in [0.25, 0.3) is 5.91 Å². The van der Waals surface area contributed by atoms with Gasteiger partial charge in [0.05, 0.1) is 6.61 Å². The Bertz CT molecular complexity index is 600. The molecule has 0 saturated carbocycles. The predicted octanol–water partition coefficient (Wildman–Crippen LogP) is 0.907. The second-order valence-electron chi connectivity index (χ2n) is 5.06. The van der Waals surface area contributed by atoms with E-state index in [-0.39, 0.29) is 24.8 Å². The van der Waals surface area contributed by atoms with Gasteiger partial charge in [0, 0.05) is 25.7 Å². The van der Waals surface area contributed by atoms with E-state index in [1.54, 1.807) is 6.07 Å². The number of aliphatic hydroxyl groups is 1. The van der Waals surface area contributed by atoms with Crippen molar-refractivity contribution >= 4 is 5.91 Å². The van der Waals surface area contributed by atoms with Crippen molar-refractivity contribution in [1.29, 1.82) is 0 Å². The Hall–Kier alpha value is -2.38. The Kier molecular flexibility index (Phi) is 6.58. The molecule has 0 aliphatic rings. The highest BCUT2D eigenvalue weighted by atomic mass is 16.5. The van der Waals surface area contributed by atoms with Crippen LogP contribution in [0.25, 0.3) is 0 Å². The summed E-state index contributed by atoms with van der Waals surface area (Å²) in [5, 5.41) is 15.3. The highest BCUT2D eigenvalue weighted by Gasteiger charge is 2.12. The van der Waals surface area contributed by atoms with Gasteiger partial charge in [-0.25, -0.2) is 0 Å². The fourth-order valence-electron chi connectivity index (χ4n) is 1.89. The number of nitrogens with zero attached hydrogens (tertiary/aromatic N) is 2. The number of aromatic nitrogens is 1. The minimum atomic E-state index is -0.294. The Morgan fingerprint density at radius 2 is 2.13 bits per heavy atom. The van der Waals surface area contributed by atoms with Crippen LogP contribution in [0, 0.1) is 0 Å². The molecule has 1 amide bonds. The van der Waals surface area contributed by atoms with E-state index in [0.717, 1.165) is 5.75 Å². The Morgan fingerprint density at radius 1 is 1.35 bits per heavy atom. The molecule has 0 fully saturated rings. The van der Waals surface area contributed by atoms with Crippen LogP contribution >= 0.6 is 0 Å². The van der Waals surface area contributed by atoms with Crippen LogP contribution in [0.4, 0.5) is 0 Å². The van der Waals surface area contributed by atoms with Crippen molar-refractivity contribution in [3.05, 3.63) is 47.9 Å². The Labute approximate surface area is 134 Å². The molecule has 0 radical (unpaired) electrons. The quantitative estimate of drug-likeness (QED) is 0.714. The number of ether oxygens (including phenoxy) is 1.